The van der Waals surface area contributed by atoms with Crippen molar-refractivity contribution in [3.63, 3.8) is 0 Å². The average molecular weight is 685 g/mol. The Bertz CT molecular complexity index is 1660. The molecule has 2 amide bonds. The fourth-order valence-electron chi connectivity index (χ4n) is 6.26. The second-order valence-electron chi connectivity index (χ2n) is 11.9. The van der Waals surface area contributed by atoms with E-state index in [9.17, 15) is 18.0 Å². The van der Waals surface area contributed by atoms with Gasteiger partial charge in [-0.25, -0.2) is 17.6 Å². The number of piperazine rings is 1. The molecular formula is C35H42ClFN4O5S. The molecule has 9 nitrogen and oxygen atoms in total. The lowest BCUT2D eigenvalue weighted by Gasteiger charge is -2.40. The lowest BCUT2D eigenvalue weighted by Crippen LogP contribution is -2.58. The van der Waals surface area contributed by atoms with Crippen LogP contribution in [0.15, 0.2) is 90.3 Å². The molecule has 1 aliphatic heterocycles. The number of likely N-dealkylation sites (N-methyl/N-ethyl adjacent to an activating group) is 1. The molecule has 3 aromatic carbocycles. The quantitative estimate of drug-likeness (QED) is 0.224. The molecule has 1 fully saturated rings. The summed E-state index contributed by atoms with van der Waals surface area (Å²) >= 11 is 6.14. The Kier molecular flexibility index (Phi) is 12.2. The molecule has 252 valence electrons. The summed E-state index contributed by atoms with van der Waals surface area (Å²) < 4.78 is 49.5. The van der Waals surface area contributed by atoms with Gasteiger partial charge in [-0.05, 0) is 60.7 Å². The van der Waals surface area contributed by atoms with Crippen LogP contribution in [-0.4, -0.2) is 75.0 Å². The smallest absolute Gasteiger partial charge is 0.409 e. The predicted molar refractivity (Wildman–Crippen MR) is 182 cm³/mol. The van der Waals surface area contributed by atoms with E-state index in [1.165, 1.54) is 35.5 Å². The number of amides is 2. The van der Waals surface area contributed by atoms with Crippen LogP contribution >= 0.6 is 11.6 Å². The highest BCUT2D eigenvalue weighted by atomic mass is 35.5. The van der Waals surface area contributed by atoms with Crippen LogP contribution in [-0.2, 0) is 26.0 Å². The number of nitrogens with zero attached hydrogens (tertiary/aromatic N) is 2. The lowest BCUT2D eigenvalue weighted by atomic mass is 9.81. The van der Waals surface area contributed by atoms with Gasteiger partial charge in [-0.3, -0.25) is 9.69 Å². The van der Waals surface area contributed by atoms with E-state index in [0.29, 0.717) is 18.1 Å². The second-order valence-corrected chi connectivity index (χ2v) is 14.2. The zero-order valence-corrected chi connectivity index (χ0v) is 28.6. The van der Waals surface area contributed by atoms with Gasteiger partial charge in [-0.1, -0.05) is 67.9 Å². The Labute approximate surface area is 281 Å². The number of rotatable bonds is 12. The third kappa shape index (κ3) is 8.21. The molecule has 0 radical (unpaired) electrons. The van der Waals surface area contributed by atoms with Crippen LogP contribution in [0, 0.1) is 11.7 Å². The third-order valence-corrected chi connectivity index (χ3v) is 10.8. The summed E-state index contributed by atoms with van der Waals surface area (Å²) in [5.74, 6) is -1.63. The average Bonchev–Trinajstić information content (AvgIpc) is 3.06. The number of benzene rings is 3. The van der Waals surface area contributed by atoms with E-state index in [4.69, 9.17) is 16.3 Å². The number of ether oxygens (including phenoxy) is 1. The molecule has 4 rings (SSSR count). The summed E-state index contributed by atoms with van der Waals surface area (Å²) in [7, 11) is -1.17. The van der Waals surface area contributed by atoms with E-state index in [-0.39, 0.29) is 34.9 Å². The van der Waals surface area contributed by atoms with Crippen molar-refractivity contribution in [2.24, 2.45) is 5.92 Å². The summed E-state index contributed by atoms with van der Waals surface area (Å²) in [5.41, 5.74) is 1.25. The normalized spacial score (nSPS) is 18.3. The molecule has 47 heavy (non-hydrogen) atoms. The van der Waals surface area contributed by atoms with E-state index in [1.54, 1.807) is 54.6 Å². The minimum Gasteiger partial charge on any atom is -0.453 e. The molecular weight excluding hydrogens is 643 g/mol. The number of methoxy groups -OCH3 is 1. The maximum absolute atomic E-state index is 15.5. The number of halogens is 2. The molecule has 0 aromatic heterocycles. The summed E-state index contributed by atoms with van der Waals surface area (Å²) in [6, 6.07) is 17.6. The molecule has 4 unspecified atom stereocenters. The second kappa shape index (κ2) is 15.9. The predicted octanol–water partition coefficient (Wildman–Crippen LogP) is 6.07. The van der Waals surface area contributed by atoms with Crippen LogP contribution in [0.25, 0.3) is 0 Å². The van der Waals surface area contributed by atoms with Crippen LogP contribution in [0.2, 0.25) is 5.02 Å². The number of nitrogens with one attached hydrogen (secondary N) is 2. The first kappa shape index (κ1) is 36.1. The van der Waals surface area contributed by atoms with Gasteiger partial charge in [0.2, 0.25) is 15.9 Å². The minimum atomic E-state index is -3.89. The maximum atomic E-state index is 15.5. The molecule has 1 heterocycles. The van der Waals surface area contributed by atoms with Crippen molar-refractivity contribution in [2.45, 2.75) is 55.6 Å². The van der Waals surface area contributed by atoms with Crippen LogP contribution in [0.3, 0.4) is 0 Å². The van der Waals surface area contributed by atoms with Crippen molar-refractivity contribution in [3.8, 4) is 0 Å². The molecule has 4 atom stereocenters. The van der Waals surface area contributed by atoms with Gasteiger partial charge in [0.15, 0.2) is 0 Å². The van der Waals surface area contributed by atoms with E-state index in [0.717, 1.165) is 5.56 Å². The van der Waals surface area contributed by atoms with Crippen LogP contribution < -0.4 is 10.6 Å². The molecule has 0 saturated carbocycles. The van der Waals surface area contributed by atoms with Crippen molar-refractivity contribution >= 4 is 39.3 Å². The maximum Gasteiger partial charge on any atom is 0.409 e. The van der Waals surface area contributed by atoms with Crippen LogP contribution in [0.5, 0.6) is 0 Å². The molecule has 0 bridgehead atoms. The first-order valence-electron chi connectivity index (χ1n) is 15.5. The van der Waals surface area contributed by atoms with Gasteiger partial charge < -0.3 is 15.4 Å². The number of hydrogen-bond acceptors (Lipinski definition) is 6. The number of anilines is 1. The molecule has 12 heteroatoms. The largest absolute Gasteiger partial charge is 0.453 e. The first-order chi connectivity index (χ1) is 22.4. The highest BCUT2D eigenvalue weighted by Gasteiger charge is 2.40. The number of carbonyl (C=O) groups excluding carboxylic acids is 2. The minimum absolute atomic E-state index is 0.0971. The van der Waals surface area contributed by atoms with Crippen molar-refractivity contribution in [1.82, 2.24) is 14.5 Å². The van der Waals surface area contributed by atoms with Gasteiger partial charge in [0.25, 0.3) is 0 Å². The summed E-state index contributed by atoms with van der Waals surface area (Å²) in [4.78, 5) is 28.3. The number of carbonyl (C=O) groups is 2. The summed E-state index contributed by atoms with van der Waals surface area (Å²) in [6.07, 6.45) is 1.28. The molecule has 0 aliphatic carbocycles. The Morgan fingerprint density at radius 3 is 2.40 bits per heavy atom. The van der Waals surface area contributed by atoms with Crippen molar-refractivity contribution < 1.29 is 27.1 Å². The molecule has 2 N–H and O–H groups in total. The topological polar surface area (TPSA) is 108 Å². The Balaban J connectivity index is 1.65. The van der Waals surface area contributed by atoms with Gasteiger partial charge in [-0.2, -0.15) is 4.31 Å². The molecule has 1 saturated heterocycles. The Morgan fingerprint density at radius 2 is 1.79 bits per heavy atom. The van der Waals surface area contributed by atoms with Gasteiger partial charge in [0.05, 0.1) is 18.0 Å². The highest BCUT2D eigenvalue weighted by molar-refractivity contribution is 7.89. The summed E-state index contributed by atoms with van der Waals surface area (Å²) in [5, 5.41) is 6.69. The van der Waals surface area contributed by atoms with Gasteiger partial charge in [-0.15, -0.1) is 6.58 Å². The summed E-state index contributed by atoms with van der Waals surface area (Å²) in [6.45, 7) is 8.51. The Morgan fingerprint density at radius 1 is 1.11 bits per heavy atom. The van der Waals surface area contributed by atoms with Gasteiger partial charge in [0, 0.05) is 48.4 Å². The van der Waals surface area contributed by atoms with Crippen molar-refractivity contribution in [3.05, 3.63) is 107 Å². The zero-order chi connectivity index (χ0) is 34.3. The van der Waals surface area contributed by atoms with E-state index >= 15 is 4.39 Å². The zero-order valence-electron chi connectivity index (χ0n) is 27.0. The van der Waals surface area contributed by atoms with E-state index in [2.05, 4.69) is 17.2 Å². The van der Waals surface area contributed by atoms with Gasteiger partial charge >= 0.3 is 6.09 Å². The molecule has 0 spiro atoms. The van der Waals surface area contributed by atoms with Crippen molar-refractivity contribution in [1.29, 1.82) is 0 Å². The lowest BCUT2D eigenvalue weighted by molar-refractivity contribution is -0.121. The van der Waals surface area contributed by atoms with Crippen LogP contribution in [0.4, 0.5) is 14.9 Å². The number of hydrogen-bond donors (Lipinski definition) is 2. The van der Waals surface area contributed by atoms with Crippen LogP contribution in [0.1, 0.15) is 37.3 Å². The first-order valence-corrected chi connectivity index (χ1v) is 17.3. The fraction of sp³-hybridized carbons (Fsp3) is 0.371. The highest BCUT2D eigenvalue weighted by Crippen LogP contribution is 2.34. The van der Waals surface area contributed by atoms with Gasteiger partial charge in [0.1, 0.15) is 11.9 Å². The molecule has 3 aromatic rings. The number of sulfonamides is 1. The van der Waals surface area contributed by atoms with E-state index < -0.39 is 51.9 Å². The third-order valence-electron chi connectivity index (χ3n) is 8.58. The fourth-order valence-corrected chi connectivity index (χ4v) is 8.22. The van der Waals surface area contributed by atoms with Crippen molar-refractivity contribution in [2.75, 3.05) is 32.6 Å². The molecule has 1 aliphatic rings. The standard InChI is InChI=1S/C35H42ClFN4O5S/c1-6-26-21-38-22-27(41(26)47(44,45)28-11-8-7-9-12-28)19-20-29-30(37)13-10-14-31(29)39-34(42)33(40(4)35(43)46-5)32(23(2)3)24-15-17-25(36)18-16-24/h6-18,23,26-27,32-33,38H,1,19-22H2,2-5H3,(H,39,42). The van der Waals surface area contributed by atoms with E-state index in [1.807, 2.05) is 26.0 Å². The SMILES string of the molecule is C=CC1CNCC(CCc2c(F)cccc2NC(=O)C(C(c2ccc(Cl)cc2)C(C)C)N(C)C(=O)OC)N1S(=O)(=O)c1ccccc1. The monoisotopic (exact) mass is 684 g/mol. The Hall–Kier alpha value is -3.77.